The van der Waals surface area contributed by atoms with E-state index in [1.807, 2.05) is 58.0 Å². The summed E-state index contributed by atoms with van der Waals surface area (Å²) in [4.78, 5) is 15.0. The molecule has 7 heteroatoms. The van der Waals surface area contributed by atoms with Crippen molar-refractivity contribution in [3.63, 3.8) is 0 Å². The molecule has 0 N–H and O–H groups in total. The Morgan fingerprint density at radius 3 is 2.83 bits per heavy atom. The molecule has 4 heterocycles. The van der Waals surface area contributed by atoms with Gasteiger partial charge in [0, 0.05) is 37.4 Å². The van der Waals surface area contributed by atoms with Gasteiger partial charge < -0.3 is 14.4 Å². The van der Waals surface area contributed by atoms with E-state index in [9.17, 15) is 4.79 Å². The third kappa shape index (κ3) is 3.89. The minimum atomic E-state index is 0.0548. The smallest absolute Gasteiger partial charge is 0.253 e. The fraction of sp³-hybridized carbons (Fsp3) is 0.435. The van der Waals surface area contributed by atoms with Crippen LogP contribution >= 0.6 is 0 Å². The lowest BCUT2D eigenvalue weighted by Crippen LogP contribution is -2.39. The van der Waals surface area contributed by atoms with E-state index in [4.69, 9.17) is 9.47 Å². The van der Waals surface area contributed by atoms with Crippen LogP contribution in [-0.4, -0.2) is 57.8 Å². The number of benzene rings is 1. The summed E-state index contributed by atoms with van der Waals surface area (Å²) in [5.74, 6) is 1.95. The number of rotatable bonds is 5. The molecule has 1 aromatic carbocycles. The Labute approximate surface area is 175 Å². The van der Waals surface area contributed by atoms with Crippen LogP contribution in [0.4, 0.5) is 0 Å². The van der Waals surface area contributed by atoms with E-state index in [1.165, 1.54) is 0 Å². The van der Waals surface area contributed by atoms with Crippen LogP contribution in [0.1, 0.15) is 47.8 Å². The summed E-state index contributed by atoms with van der Waals surface area (Å²) in [7, 11) is 0. The summed E-state index contributed by atoms with van der Waals surface area (Å²) < 4.78 is 13.4. The van der Waals surface area contributed by atoms with Crippen molar-refractivity contribution in [1.82, 2.24) is 19.5 Å². The van der Waals surface area contributed by atoms with E-state index in [2.05, 4.69) is 10.2 Å². The van der Waals surface area contributed by atoms with Gasteiger partial charge in [0.15, 0.2) is 5.65 Å². The van der Waals surface area contributed by atoms with Crippen LogP contribution in [0.2, 0.25) is 0 Å². The lowest BCUT2D eigenvalue weighted by atomic mass is 9.96. The van der Waals surface area contributed by atoms with E-state index >= 15 is 0 Å². The van der Waals surface area contributed by atoms with Gasteiger partial charge in [-0.2, -0.15) is 0 Å². The van der Waals surface area contributed by atoms with E-state index in [0.29, 0.717) is 18.7 Å². The molecule has 30 heavy (non-hydrogen) atoms. The molecule has 7 nitrogen and oxygen atoms in total. The molecule has 2 aromatic heterocycles. The van der Waals surface area contributed by atoms with Crippen molar-refractivity contribution < 1.29 is 14.3 Å². The number of carbonyl (C=O) groups excluding carboxylic acids is 1. The van der Waals surface area contributed by atoms with Crippen LogP contribution < -0.4 is 4.74 Å². The quantitative estimate of drug-likeness (QED) is 0.650. The van der Waals surface area contributed by atoms with Gasteiger partial charge in [-0.1, -0.05) is 6.07 Å². The number of hydrogen-bond acceptors (Lipinski definition) is 5. The van der Waals surface area contributed by atoms with E-state index in [1.54, 1.807) is 0 Å². The number of likely N-dealkylation sites (tertiary alicyclic amines) is 1. The Bertz CT molecular complexity index is 1010. The van der Waals surface area contributed by atoms with Gasteiger partial charge in [0.1, 0.15) is 18.2 Å². The highest BCUT2D eigenvalue weighted by Crippen LogP contribution is 2.27. The van der Waals surface area contributed by atoms with E-state index in [0.717, 1.165) is 56.1 Å². The van der Waals surface area contributed by atoms with Gasteiger partial charge in [-0.05, 0) is 62.1 Å². The fourth-order valence-electron chi connectivity index (χ4n) is 4.35. The van der Waals surface area contributed by atoms with Crippen molar-refractivity contribution in [2.24, 2.45) is 0 Å². The summed E-state index contributed by atoms with van der Waals surface area (Å²) in [5, 5.41) is 8.66. The van der Waals surface area contributed by atoms with Crippen molar-refractivity contribution >= 4 is 11.6 Å². The standard InChI is InChI=1S/C23H26N4O3/c28-23(17-8-10-19(11-9-17)30-16-20-6-4-14-29-20)26-12-3-5-18(15-26)22-25-24-21-7-1-2-13-27(21)22/h1-2,7-11,13,18,20H,3-6,12,14-16H2/t18-,20-/m1/s1. The van der Waals surface area contributed by atoms with Crippen LogP contribution in [0.5, 0.6) is 5.75 Å². The Hall–Kier alpha value is -2.93. The minimum Gasteiger partial charge on any atom is -0.491 e. The zero-order chi connectivity index (χ0) is 20.3. The van der Waals surface area contributed by atoms with Crippen molar-refractivity contribution in [2.45, 2.75) is 37.7 Å². The van der Waals surface area contributed by atoms with Gasteiger partial charge >= 0.3 is 0 Å². The molecule has 156 valence electrons. The molecule has 5 rings (SSSR count). The molecular weight excluding hydrogens is 380 g/mol. The zero-order valence-corrected chi connectivity index (χ0v) is 16.9. The molecule has 0 spiro atoms. The Morgan fingerprint density at radius 1 is 1.10 bits per heavy atom. The molecule has 2 atom stereocenters. The van der Waals surface area contributed by atoms with Crippen molar-refractivity contribution in [1.29, 1.82) is 0 Å². The molecule has 0 bridgehead atoms. The van der Waals surface area contributed by atoms with Crippen LogP contribution in [0, 0.1) is 0 Å². The lowest BCUT2D eigenvalue weighted by molar-refractivity contribution is 0.0676. The maximum atomic E-state index is 13.1. The van der Waals surface area contributed by atoms with E-state index < -0.39 is 0 Å². The van der Waals surface area contributed by atoms with Gasteiger partial charge in [-0.15, -0.1) is 10.2 Å². The first-order valence-electron chi connectivity index (χ1n) is 10.7. The number of hydrogen-bond donors (Lipinski definition) is 0. The highest BCUT2D eigenvalue weighted by atomic mass is 16.5. The summed E-state index contributed by atoms with van der Waals surface area (Å²) in [6.45, 7) is 2.81. The molecule has 2 aliphatic heterocycles. The van der Waals surface area contributed by atoms with Gasteiger partial charge in [-0.25, -0.2) is 0 Å². The number of pyridine rings is 1. The van der Waals surface area contributed by atoms with Gasteiger partial charge in [0.05, 0.1) is 6.10 Å². The van der Waals surface area contributed by atoms with Crippen molar-refractivity contribution in [3.05, 3.63) is 60.0 Å². The summed E-state index contributed by atoms with van der Waals surface area (Å²) in [6.07, 6.45) is 6.29. The number of amides is 1. The minimum absolute atomic E-state index is 0.0548. The fourth-order valence-corrected chi connectivity index (χ4v) is 4.35. The third-order valence-corrected chi connectivity index (χ3v) is 5.97. The van der Waals surface area contributed by atoms with Crippen LogP contribution in [-0.2, 0) is 4.74 Å². The Balaban J connectivity index is 1.24. The van der Waals surface area contributed by atoms with Gasteiger partial charge in [0.2, 0.25) is 0 Å². The van der Waals surface area contributed by atoms with Crippen molar-refractivity contribution in [3.8, 4) is 5.75 Å². The molecule has 2 saturated heterocycles. The average molecular weight is 406 g/mol. The number of piperidine rings is 1. The monoisotopic (exact) mass is 406 g/mol. The molecule has 0 saturated carbocycles. The van der Waals surface area contributed by atoms with Crippen LogP contribution in [0.3, 0.4) is 0 Å². The first kappa shape index (κ1) is 19.1. The number of nitrogens with zero attached hydrogens (tertiary/aromatic N) is 4. The molecule has 1 amide bonds. The number of carbonyl (C=O) groups is 1. The SMILES string of the molecule is O=C(c1ccc(OC[C@H]2CCCO2)cc1)N1CCC[C@@H](c2nnc3ccccn23)C1. The Morgan fingerprint density at radius 2 is 2.00 bits per heavy atom. The lowest BCUT2D eigenvalue weighted by Gasteiger charge is -2.32. The summed E-state index contributed by atoms with van der Waals surface area (Å²) in [5.41, 5.74) is 1.53. The molecule has 2 aliphatic rings. The van der Waals surface area contributed by atoms with Gasteiger partial charge in [-0.3, -0.25) is 9.20 Å². The zero-order valence-electron chi connectivity index (χ0n) is 16.9. The summed E-state index contributed by atoms with van der Waals surface area (Å²) in [6, 6.07) is 13.3. The molecule has 0 aliphatic carbocycles. The van der Waals surface area contributed by atoms with Crippen molar-refractivity contribution in [2.75, 3.05) is 26.3 Å². The van der Waals surface area contributed by atoms with E-state index in [-0.39, 0.29) is 17.9 Å². The first-order valence-corrected chi connectivity index (χ1v) is 10.7. The molecule has 0 radical (unpaired) electrons. The average Bonchev–Trinajstić information content (AvgIpc) is 3.48. The second-order valence-electron chi connectivity index (χ2n) is 8.05. The largest absolute Gasteiger partial charge is 0.491 e. The normalized spacial score (nSPS) is 21.8. The summed E-state index contributed by atoms with van der Waals surface area (Å²) >= 11 is 0. The number of fused-ring (bicyclic) bond motifs is 1. The Kier molecular flexibility index (Phi) is 5.36. The molecule has 2 fully saturated rings. The maximum Gasteiger partial charge on any atom is 0.253 e. The predicted molar refractivity (Wildman–Crippen MR) is 112 cm³/mol. The second kappa shape index (κ2) is 8.44. The van der Waals surface area contributed by atoms with Crippen LogP contribution in [0.15, 0.2) is 48.7 Å². The maximum absolute atomic E-state index is 13.1. The highest BCUT2D eigenvalue weighted by molar-refractivity contribution is 5.94. The van der Waals surface area contributed by atoms with Gasteiger partial charge in [0.25, 0.3) is 5.91 Å². The number of ether oxygens (including phenoxy) is 2. The topological polar surface area (TPSA) is 69.0 Å². The molecule has 3 aromatic rings. The molecule has 0 unspecified atom stereocenters. The van der Waals surface area contributed by atoms with Crippen LogP contribution in [0.25, 0.3) is 5.65 Å². The third-order valence-electron chi connectivity index (χ3n) is 5.97. The molecular formula is C23H26N4O3. The highest BCUT2D eigenvalue weighted by Gasteiger charge is 2.28. The predicted octanol–water partition coefficient (Wildman–Crippen LogP) is 3.31. The number of aromatic nitrogens is 3. The first-order chi connectivity index (χ1) is 14.8. The second-order valence-corrected chi connectivity index (χ2v) is 8.05.